The van der Waals surface area contributed by atoms with Gasteiger partial charge in [-0.2, -0.15) is 0 Å². The van der Waals surface area contributed by atoms with Crippen molar-refractivity contribution >= 4 is 11.3 Å². The number of hydrogen-bond donors (Lipinski definition) is 2. The van der Waals surface area contributed by atoms with Gasteiger partial charge in [0.1, 0.15) is 0 Å². The van der Waals surface area contributed by atoms with Crippen LogP contribution in [0.2, 0.25) is 0 Å². The van der Waals surface area contributed by atoms with Crippen molar-refractivity contribution in [1.82, 2.24) is 4.90 Å². The molecule has 3 heteroatoms. The van der Waals surface area contributed by atoms with Gasteiger partial charge < -0.3 is 15.4 Å². The molecule has 1 aliphatic heterocycles. The summed E-state index contributed by atoms with van der Waals surface area (Å²) in [4.78, 5) is 2.65. The first-order valence-electron chi connectivity index (χ1n) is 15.6. The third-order valence-electron chi connectivity index (χ3n) is 9.50. The number of nitrogens with zero attached hydrogens (tertiary/aromatic N) is 1. The highest BCUT2D eigenvalue weighted by atomic mass is 16.3. The largest absolute Gasteiger partial charge is 0.513 e. The standard InChI is InChI=1S/C36H52N2O/c1-7-11-33(30-12-9-8-10-13-35(37)26(5)20-30)36(24(2)3)34-23-29(15-14-25(34)4)28-16-18-38(19-17-28)32-21-31(22-32)27(6)39/h12,14-15,20,23-24,28,31-32,37,39H,6-11,13,16-19,21-22H2,1-5H3/b26-20-,30-12+,36-33+,37-35?. The topological polar surface area (TPSA) is 47.3 Å². The van der Waals surface area contributed by atoms with E-state index >= 15 is 0 Å². The Labute approximate surface area is 238 Å². The summed E-state index contributed by atoms with van der Waals surface area (Å²) in [7, 11) is 0. The van der Waals surface area contributed by atoms with Crippen LogP contribution in [0.1, 0.15) is 115 Å². The number of piperidine rings is 1. The first kappa shape index (κ1) is 29.6. The second-order valence-corrected chi connectivity index (χ2v) is 12.7. The minimum absolute atomic E-state index is 0.312. The predicted molar refractivity (Wildman–Crippen MR) is 168 cm³/mol. The van der Waals surface area contributed by atoms with Crippen molar-refractivity contribution in [2.24, 2.45) is 11.8 Å². The molecule has 0 aromatic heterocycles. The van der Waals surface area contributed by atoms with Crippen LogP contribution in [-0.2, 0) is 0 Å². The molecule has 1 heterocycles. The molecule has 1 saturated carbocycles. The molecule has 0 amide bonds. The van der Waals surface area contributed by atoms with Crippen molar-refractivity contribution in [1.29, 1.82) is 5.41 Å². The van der Waals surface area contributed by atoms with Crippen LogP contribution in [0.15, 0.2) is 59.4 Å². The molecule has 39 heavy (non-hydrogen) atoms. The molecule has 1 aromatic rings. The summed E-state index contributed by atoms with van der Waals surface area (Å²) < 4.78 is 0. The van der Waals surface area contributed by atoms with Crippen LogP contribution in [-0.4, -0.2) is 34.8 Å². The van der Waals surface area contributed by atoms with Crippen molar-refractivity contribution in [2.75, 3.05) is 13.1 Å². The van der Waals surface area contributed by atoms with Crippen LogP contribution in [0.25, 0.3) is 5.57 Å². The quantitative estimate of drug-likeness (QED) is 0.330. The molecule has 1 saturated heterocycles. The van der Waals surface area contributed by atoms with Gasteiger partial charge in [-0.25, -0.2) is 0 Å². The van der Waals surface area contributed by atoms with E-state index in [2.05, 4.69) is 76.4 Å². The SMILES string of the molecule is C=C(O)C1CC(N2CCC(c3ccc(C)c(/C(=C(CCC)/C4=C/CCCCC(=N)/C(C)=C\4)C(C)C)c3)CC2)C1. The Morgan fingerprint density at radius 2 is 1.85 bits per heavy atom. The molecule has 2 aliphatic carbocycles. The zero-order valence-corrected chi connectivity index (χ0v) is 25.3. The molecule has 0 atom stereocenters. The molecule has 0 spiro atoms. The highest BCUT2D eigenvalue weighted by Gasteiger charge is 2.37. The Kier molecular flexibility index (Phi) is 10.1. The van der Waals surface area contributed by atoms with Gasteiger partial charge in [-0.3, -0.25) is 0 Å². The maximum Gasteiger partial charge on any atom is 0.0883 e. The van der Waals surface area contributed by atoms with Crippen LogP contribution < -0.4 is 0 Å². The van der Waals surface area contributed by atoms with E-state index in [1.54, 1.807) is 0 Å². The van der Waals surface area contributed by atoms with Crippen molar-refractivity contribution in [3.63, 3.8) is 0 Å². The second-order valence-electron chi connectivity index (χ2n) is 12.7. The Bertz CT molecular complexity index is 1140. The zero-order chi connectivity index (χ0) is 28.1. The summed E-state index contributed by atoms with van der Waals surface area (Å²) in [5.41, 5.74) is 10.6. The van der Waals surface area contributed by atoms with Crippen molar-refractivity contribution in [2.45, 2.75) is 111 Å². The summed E-state index contributed by atoms with van der Waals surface area (Å²) in [5.74, 6) is 1.72. The molecule has 3 nitrogen and oxygen atoms in total. The van der Waals surface area contributed by atoms with Crippen LogP contribution in [0.5, 0.6) is 0 Å². The Morgan fingerprint density at radius 1 is 1.13 bits per heavy atom. The molecule has 212 valence electrons. The molecule has 0 bridgehead atoms. The molecule has 0 radical (unpaired) electrons. The van der Waals surface area contributed by atoms with E-state index in [0.717, 1.165) is 75.7 Å². The Morgan fingerprint density at radius 3 is 2.49 bits per heavy atom. The Balaban J connectivity index is 1.63. The number of aryl methyl sites for hydroxylation is 1. The van der Waals surface area contributed by atoms with Gasteiger partial charge in [-0.1, -0.05) is 64.1 Å². The van der Waals surface area contributed by atoms with E-state index in [1.807, 2.05) is 0 Å². The van der Waals surface area contributed by atoms with Gasteiger partial charge in [0, 0.05) is 17.7 Å². The smallest absolute Gasteiger partial charge is 0.0883 e. The van der Waals surface area contributed by atoms with Gasteiger partial charge >= 0.3 is 0 Å². The lowest BCUT2D eigenvalue weighted by Crippen LogP contribution is -2.48. The lowest BCUT2D eigenvalue weighted by Gasteiger charge is -2.45. The minimum atomic E-state index is 0.312. The Hall–Kier alpha value is -2.39. The molecule has 2 fully saturated rings. The average molecular weight is 529 g/mol. The first-order chi connectivity index (χ1) is 18.7. The van der Waals surface area contributed by atoms with Crippen LogP contribution in [0.3, 0.4) is 0 Å². The van der Waals surface area contributed by atoms with E-state index in [-0.39, 0.29) is 0 Å². The van der Waals surface area contributed by atoms with E-state index < -0.39 is 0 Å². The molecular weight excluding hydrogens is 476 g/mol. The summed E-state index contributed by atoms with van der Waals surface area (Å²) >= 11 is 0. The third kappa shape index (κ3) is 7.04. The number of rotatable bonds is 8. The normalized spacial score (nSPS) is 26.9. The monoisotopic (exact) mass is 528 g/mol. The maximum atomic E-state index is 9.70. The summed E-state index contributed by atoms with van der Waals surface area (Å²) in [6.07, 6.45) is 15.8. The number of allylic oxidation sites excluding steroid dienone is 7. The van der Waals surface area contributed by atoms with Gasteiger partial charge in [0.15, 0.2) is 0 Å². The van der Waals surface area contributed by atoms with Crippen molar-refractivity contribution in [3.05, 3.63) is 76.1 Å². The lowest BCUT2D eigenvalue weighted by atomic mass is 9.76. The average Bonchev–Trinajstić information content (AvgIpc) is 2.95. The number of likely N-dealkylation sites (tertiary alicyclic amines) is 1. The van der Waals surface area contributed by atoms with Gasteiger partial charge in [-0.15, -0.1) is 0 Å². The number of hydrogen-bond acceptors (Lipinski definition) is 3. The number of aliphatic hydroxyl groups excluding tert-OH is 1. The number of benzene rings is 1. The maximum absolute atomic E-state index is 9.70. The molecule has 1 aromatic carbocycles. The van der Waals surface area contributed by atoms with Crippen LogP contribution in [0.4, 0.5) is 0 Å². The second kappa shape index (κ2) is 13.3. The predicted octanol–water partition coefficient (Wildman–Crippen LogP) is 9.70. The fraction of sp³-hybridized carbons (Fsp3) is 0.583. The van der Waals surface area contributed by atoms with E-state index in [4.69, 9.17) is 5.41 Å². The van der Waals surface area contributed by atoms with Gasteiger partial charge in [0.2, 0.25) is 0 Å². The highest BCUT2D eigenvalue weighted by molar-refractivity contribution is 5.98. The molecule has 2 N–H and O–H groups in total. The molecular formula is C36H52N2O. The highest BCUT2D eigenvalue weighted by Crippen LogP contribution is 2.41. The van der Waals surface area contributed by atoms with Crippen LogP contribution >= 0.6 is 0 Å². The summed E-state index contributed by atoms with van der Waals surface area (Å²) in [5, 5.41) is 18.2. The van der Waals surface area contributed by atoms with E-state index in [9.17, 15) is 5.11 Å². The van der Waals surface area contributed by atoms with Crippen molar-refractivity contribution in [3.8, 4) is 0 Å². The van der Waals surface area contributed by atoms with E-state index in [0.29, 0.717) is 29.6 Å². The van der Waals surface area contributed by atoms with Crippen molar-refractivity contribution < 1.29 is 5.11 Å². The zero-order valence-electron chi connectivity index (χ0n) is 25.3. The minimum Gasteiger partial charge on any atom is -0.513 e. The van der Waals surface area contributed by atoms with Crippen LogP contribution in [0, 0.1) is 24.2 Å². The first-order valence-corrected chi connectivity index (χ1v) is 15.6. The third-order valence-corrected chi connectivity index (χ3v) is 9.50. The summed E-state index contributed by atoms with van der Waals surface area (Å²) in [6, 6.07) is 7.90. The number of aliphatic hydroxyl groups is 1. The fourth-order valence-electron chi connectivity index (χ4n) is 6.94. The number of nitrogens with one attached hydrogen (secondary N) is 1. The fourth-order valence-corrected chi connectivity index (χ4v) is 6.94. The molecule has 3 aliphatic rings. The van der Waals surface area contributed by atoms with Gasteiger partial charge in [0.05, 0.1) is 5.76 Å². The van der Waals surface area contributed by atoms with E-state index in [1.165, 1.54) is 46.3 Å². The van der Waals surface area contributed by atoms with Gasteiger partial charge in [0.25, 0.3) is 0 Å². The summed E-state index contributed by atoms with van der Waals surface area (Å²) in [6.45, 7) is 17.5. The molecule has 0 unspecified atom stereocenters. The van der Waals surface area contributed by atoms with Gasteiger partial charge in [-0.05, 0) is 136 Å². The lowest BCUT2D eigenvalue weighted by molar-refractivity contribution is 0.0551. The molecule has 4 rings (SSSR count).